The van der Waals surface area contributed by atoms with Gasteiger partial charge in [0.2, 0.25) is 0 Å². The van der Waals surface area contributed by atoms with Crippen molar-refractivity contribution in [2.45, 2.75) is 6.61 Å². The van der Waals surface area contributed by atoms with E-state index in [1.54, 1.807) is 18.2 Å². The lowest BCUT2D eigenvalue weighted by atomic mass is 10.1. The number of carbonyl (C=O) groups excluding carboxylic acids is 1. The van der Waals surface area contributed by atoms with Gasteiger partial charge < -0.3 is 4.74 Å². The molecule has 0 radical (unpaired) electrons. The first-order chi connectivity index (χ1) is 10.0. The fourth-order valence-corrected chi connectivity index (χ4v) is 3.19. The van der Waals surface area contributed by atoms with Gasteiger partial charge in [-0.15, -0.1) is 0 Å². The molecule has 6 heteroatoms. The molecule has 21 heavy (non-hydrogen) atoms. The number of halogens is 3. The summed E-state index contributed by atoms with van der Waals surface area (Å²) in [7, 11) is 0. The van der Waals surface area contributed by atoms with Crippen molar-refractivity contribution in [1.29, 1.82) is 5.26 Å². The molecule has 0 unspecified atom stereocenters. The summed E-state index contributed by atoms with van der Waals surface area (Å²) in [6.07, 6.45) is 0.727. The third-order valence-corrected chi connectivity index (χ3v) is 3.80. The Labute approximate surface area is 137 Å². The Morgan fingerprint density at radius 1 is 1.19 bits per heavy atom. The molecule has 2 aromatic rings. The van der Waals surface area contributed by atoms with E-state index in [4.69, 9.17) is 10.00 Å². The first-order valence-electron chi connectivity index (χ1n) is 5.80. The first-order valence-corrected chi connectivity index (χ1v) is 7.38. The summed E-state index contributed by atoms with van der Waals surface area (Å²) in [5, 5.41) is 8.81. The van der Waals surface area contributed by atoms with Gasteiger partial charge >= 0.3 is 0 Å². The van der Waals surface area contributed by atoms with Crippen LogP contribution in [-0.2, 0) is 6.61 Å². The van der Waals surface area contributed by atoms with Crippen LogP contribution in [0, 0.1) is 17.1 Å². The monoisotopic (exact) mass is 411 g/mol. The van der Waals surface area contributed by atoms with Crippen LogP contribution in [-0.4, -0.2) is 6.29 Å². The van der Waals surface area contributed by atoms with Crippen LogP contribution < -0.4 is 4.74 Å². The minimum atomic E-state index is -0.484. The molecule has 0 atom stereocenters. The SMILES string of the molecule is N#Cc1cc(F)cc(COc2c(Br)cc(C=O)cc2Br)c1. The molecule has 0 aliphatic heterocycles. The third-order valence-electron chi connectivity index (χ3n) is 2.63. The van der Waals surface area contributed by atoms with Crippen molar-refractivity contribution in [2.24, 2.45) is 0 Å². The number of hydrogen-bond donors (Lipinski definition) is 0. The highest BCUT2D eigenvalue weighted by Crippen LogP contribution is 2.35. The molecule has 0 amide bonds. The molecular weight excluding hydrogens is 405 g/mol. The maximum atomic E-state index is 13.3. The zero-order valence-electron chi connectivity index (χ0n) is 10.6. The number of benzene rings is 2. The highest BCUT2D eigenvalue weighted by atomic mass is 79.9. The first kappa shape index (κ1) is 15.7. The number of nitriles is 1. The Hall–Kier alpha value is -1.71. The summed E-state index contributed by atoms with van der Waals surface area (Å²) < 4.78 is 20.2. The van der Waals surface area contributed by atoms with E-state index in [0.29, 0.717) is 25.8 Å². The predicted molar refractivity (Wildman–Crippen MR) is 82.7 cm³/mol. The van der Waals surface area contributed by atoms with Crippen LogP contribution >= 0.6 is 31.9 Å². The smallest absolute Gasteiger partial charge is 0.150 e. The quantitative estimate of drug-likeness (QED) is 0.688. The average molecular weight is 413 g/mol. The standard InChI is InChI=1S/C15H8Br2FNO2/c16-13-4-10(7-20)5-14(17)15(13)21-8-11-1-9(6-19)2-12(18)3-11/h1-5,7H,8H2. The van der Waals surface area contributed by atoms with Crippen LogP contribution in [0.15, 0.2) is 39.3 Å². The molecule has 0 N–H and O–H groups in total. The van der Waals surface area contributed by atoms with Gasteiger partial charge in [0.1, 0.15) is 24.5 Å². The Balaban J connectivity index is 2.23. The van der Waals surface area contributed by atoms with Gasteiger partial charge in [-0.2, -0.15) is 5.26 Å². The predicted octanol–water partition coefficient (Wildman–Crippen LogP) is 4.61. The normalized spacial score (nSPS) is 10.0. The maximum absolute atomic E-state index is 13.3. The second-order valence-corrected chi connectivity index (χ2v) is 5.89. The number of ether oxygens (including phenoxy) is 1. The number of aldehydes is 1. The van der Waals surface area contributed by atoms with E-state index in [9.17, 15) is 9.18 Å². The lowest BCUT2D eigenvalue weighted by Gasteiger charge is -2.11. The molecule has 0 aromatic heterocycles. The van der Waals surface area contributed by atoms with Crippen molar-refractivity contribution in [1.82, 2.24) is 0 Å². The van der Waals surface area contributed by atoms with E-state index in [-0.39, 0.29) is 12.2 Å². The molecular formula is C15H8Br2FNO2. The molecule has 0 aliphatic rings. The Kier molecular flexibility index (Phi) is 5.10. The van der Waals surface area contributed by atoms with Gasteiger partial charge in [-0.3, -0.25) is 4.79 Å². The lowest BCUT2D eigenvalue weighted by Crippen LogP contribution is -1.99. The largest absolute Gasteiger partial charge is 0.487 e. The highest BCUT2D eigenvalue weighted by Gasteiger charge is 2.10. The molecule has 2 rings (SSSR count). The van der Waals surface area contributed by atoms with E-state index in [0.717, 1.165) is 12.4 Å². The van der Waals surface area contributed by atoms with E-state index in [1.165, 1.54) is 6.07 Å². The second-order valence-electron chi connectivity index (χ2n) is 4.18. The molecule has 3 nitrogen and oxygen atoms in total. The number of hydrogen-bond acceptors (Lipinski definition) is 3. The fourth-order valence-electron chi connectivity index (χ4n) is 1.74. The van der Waals surface area contributed by atoms with Crippen LogP contribution in [0.4, 0.5) is 4.39 Å². The summed E-state index contributed by atoms with van der Waals surface area (Å²) in [6, 6.07) is 9.17. The van der Waals surface area contributed by atoms with E-state index >= 15 is 0 Å². The molecule has 0 spiro atoms. The minimum absolute atomic E-state index is 0.101. The summed E-state index contributed by atoms with van der Waals surface area (Å²) in [6.45, 7) is 0.101. The van der Waals surface area contributed by atoms with Gasteiger partial charge in [0.05, 0.1) is 20.6 Å². The maximum Gasteiger partial charge on any atom is 0.150 e. The number of carbonyl (C=O) groups is 1. The van der Waals surface area contributed by atoms with Crippen LogP contribution in [0.1, 0.15) is 21.5 Å². The van der Waals surface area contributed by atoms with Crippen molar-refractivity contribution in [3.8, 4) is 11.8 Å². The molecule has 0 saturated carbocycles. The molecule has 0 heterocycles. The summed E-state index contributed by atoms with van der Waals surface area (Å²) in [5.41, 5.74) is 1.28. The van der Waals surface area contributed by atoms with Gasteiger partial charge in [0.25, 0.3) is 0 Å². The van der Waals surface area contributed by atoms with Gasteiger partial charge in [-0.25, -0.2) is 4.39 Å². The average Bonchev–Trinajstić information content (AvgIpc) is 2.45. The van der Waals surface area contributed by atoms with Gasteiger partial charge in [-0.1, -0.05) is 0 Å². The van der Waals surface area contributed by atoms with Crippen LogP contribution in [0.5, 0.6) is 5.75 Å². The van der Waals surface area contributed by atoms with Gasteiger partial charge in [0.15, 0.2) is 0 Å². The molecule has 106 valence electrons. The topological polar surface area (TPSA) is 50.1 Å². The minimum Gasteiger partial charge on any atom is -0.487 e. The van der Waals surface area contributed by atoms with Crippen LogP contribution in [0.2, 0.25) is 0 Å². The van der Waals surface area contributed by atoms with E-state index in [1.807, 2.05) is 6.07 Å². The van der Waals surface area contributed by atoms with Crippen molar-refractivity contribution in [3.63, 3.8) is 0 Å². The van der Waals surface area contributed by atoms with Crippen molar-refractivity contribution in [2.75, 3.05) is 0 Å². The number of nitrogens with zero attached hydrogens (tertiary/aromatic N) is 1. The van der Waals surface area contributed by atoms with Gasteiger partial charge in [-0.05, 0) is 67.8 Å². The van der Waals surface area contributed by atoms with Crippen molar-refractivity contribution < 1.29 is 13.9 Å². The van der Waals surface area contributed by atoms with Crippen LogP contribution in [0.25, 0.3) is 0 Å². The summed E-state index contributed by atoms with van der Waals surface area (Å²) >= 11 is 6.63. The Morgan fingerprint density at radius 2 is 1.86 bits per heavy atom. The zero-order valence-corrected chi connectivity index (χ0v) is 13.7. The van der Waals surface area contributed by atoms with Crippen molar-refractivity contribution >= 4 is 38.1 Å². The highest BCUT2D eigenvalue weighted by molar-refractivity contribution is 9.11. The lowest BCUT2D eigenvalue weighted by molar-refractivity contribution is 0.112. The van der Waals surface area contributed by atoms with E-state index in [2.05, 4.69) is 31.9 Å². The zero-order chi connectivity index (χ0) is 15.4. The summed E-state index contributed by atoms with van der Waals surface area (Å²) in [5.74, 6) is 0.0189. The fraction of sp³-hybridized carbons (Fsp3) is 0.0667. The molecule has 0 saturated heterocycles. The Bertz CT molecular complexity index is 718. The molecule has 0 bridgehead atoms. The Morgan fingerprint density at radius 3 is 2.43 bits per heavy atom. The van der Waals surface area contributed by atoms with Crippen molar-refractivity contribution in [3.05, 3.63) is 61.8 Å². The van der Waals surface area contributed by atoms with Gasteiger partial charge in [0, 0.05) is 5.56 Å². The molecule has 0 fully saturated rings. The third kappa shape index (κ3) is 3.90. The molecule has 0 aliphatic carbocycles. The van der Waals surface area contributed by atoms with E-state index < -0.39 is 5.82 Å². The summed E-state index contributed by atoms with van der Waals surface area (Å²) in [4.78, 5) is 10.8. The van der Waals surface area contributed by atoms with Crippen LogP contribution in [0.3, 0.4) is 0 Å². The molecule has 2 aromatic carbocycles. The second kappa shape index (κ2) is 6.83. The number of rotatable bonds is 4.